The van der Waals surface area contributed by atoms with Crippen LogP contribution < -0.4 is 0 Å². The van der Waals surface area contributed by atoms with E-state index >= 15 is 0 Å². The Bertz CT molecular complexity index is 217. The Labute approximate surface area is 66.6 Å². The SMILES string of the molecule is O=[SH](=O)OC1CC2CCC1O2. The summed E-state index contributed by atoms with van der Waals surface area (Å²) in [5.74, 6) is 0. The first kappa shape index (κ1) is 7.52. The van der Waals surface area contributed by atoms with Crippen LogP contribution in [0.25, 0.3) is 0 Å². The average molecular weight is 178 g/mol. The molecule has 0 aromatic heterocycles. The third-order valence-corrected chi connectivity index (χ3v) is 2.71. The predicted molar refractivity (Wildman–Crippen MR) is 37.7 cm³/mol. The third kappa shape index (κ3) is 1.40. The molecule has 2 aliphatic rings. The van der Waals surface area contributed by atoms with Gasteiger partial charge in [0.05, 0.1) is 12.2 Å². The lowest BCUT2D eigenvalue weighted by molar-refractivity contribution is 0.0682. The highest BCUT2D eigenvalue weighted by atomic mass is 32.2. The zero-order valence-corrected chi connectivity index (χ0v) is 6.83. The average Bonchev–Trinajstić information content (AvgIpc) is 2.45. The molecule has 3 unspecified atom stereocenters. The van der Waals surface area contributed by atoms with E-state index in [2.05, 4.69) is 4.18 Å². The number of fused-ring (bicyclic) bond motifs is 2. The molecule has 0 N–H and O–H groups in total. The highest BCUT2D eigenvalue weighted by molar-refractivity contribution is 7.67. The summed E-state index contributed by atoms with van der Waals surface area (Å²) in [6, 6.07) is 0. The minimum absolute atomic E-state index is 0.0351. The summed E-state index contributed by atoms with van der Waals surface area (Å²) in [5.41, 5.74) is 0. The Morgan fingerprint density at radius 3 is 2.64 bits per heavy atom. The molecule has 0 radical (unpaired) electrons. The summed E-state index contributed by atoms with van der Waals surface area (Å²) in [6.07, 6.45) is 2.83. The summed E-state index contributed by atoms with van der Waals surface area (Å²) in [4.78, 5) is 0. The quantitative estimate of drug-likeness (QED) is 0.597. The minimum atomic E-state index is -2.70. The number of hydrogen-bond donors (Lipinski definition) is 1. The third-order valence-electron chi connectivity index (χ3n) is 2.27. The second-order valence-corrected chi connectivity index (χ2v) is 3.64. The minimum Gasteiger partial charge on any atom is -0.372 e. The molecule has 0 aromatic carbocycles. The van der Waals surface area contributed by atoms with E-state index in [1.165, 1.54) is 0 Å². The first-order chi connectivity index (χ1) is 5.25. The molecule has 2 heterocycles. The van der Waals surface area contributed by atoms with E-state index in [-0.39, 0.29) is 18.3 Å². The van der Waals surface area contributed by atoms with Gasteiger partial charge in [-0.15, -0.1) is 0 Å². The monoisotopic (exact) mass is 178 g/mol. The molecular formula is C6H10O4S. The van der Waals surface area contributed by atoms with Gasteiger partial charge in [-0.3, -0.25) is 4.18 Å². The first-order valence-corrected chi connectivity index (χ1v) is 4.82. The fraction of sp³-hybridized carbons (Fsp3) is 1.00. The normalized spacial score (nSPS) is 42.1. The molecule has 0 aliphatic carbocycles. The highest BCUT2D eigenvalue weighted by Gasteiger charge is 2.42. The molecule has 4 nitrogen and oxygen atoms in total. The molecule has 0 spiro atoms. The van der Waals surface area contributed by atoms with Crippen LogP contribution in [-0.4, -0.2) is 26.7 Å². The van der Waals surface area contributed by atoms with E-state index in [0.29, 0.717) is 0 Å². The van der Waals surface area contributed by atoms with Crippen LogP contribution >= 0.6 is 0 Å². The Hall–Kier alpha value is -0.130. The van der Waals surface area contributed by atoms with E-state index in [1.807, 2.05) is 0 Å². The van der Waals surface area contributed by atoms with Crippen LogP contribution in [-0.2, 0) is 19.9 Å². The maximum Gasteiger partial charge on any atom is 0.257 e. The van der Waals surface area contributed by atoms with Gasteiger partial charge in [0.2, 0.25) is 0 Å². The smallest absolute Gasteiger partial charge is 0.257 e. The molecule has 0 amide bonds. The number of hydrogen-bond acceptors (Lipinski definition) is 4. The van der Waals surface area contributed by atoms with Crippen molar-refractivity contribution in [3.63, 3.8) is 0 Å². The molecule has 2 saturated heterocycles. The Morgan fingerprint density at radius 1 is 1.36 bits per heavy atom. The van der Waals surface area contributed by atoms with Crippen LogP contribution in [0.2, 0.25) is 0 Å². The summed E-state index contributed by atoms with van der Waals surface area (Å²) in [6.45, 7) is 0. The molecular weight excluding hydrogens is 168 g/mol. The van der Waals surface area contributed by atoms with Gasteiger partial charge < -0.3 is 4.74 Å². The van der Waals surface area contributed by atoms with Gasteiger partial charge in [-0.25, -0.2) is 8.42 Å². The van der Waals surface area contributed by atoms with Crippen LogP contribution in [0.3, 0.4) is 0 Å². The first-order valence-electron chi connectivity index (χ1n) is 3.72. The van der Waals surface area contributed by atoms with Crippen molar-refractivity contribution in [2.45, 2.75) is 37.6 Å². The van der Waals surface area contributed by atoms with E-state index in [1.54, 1.807) is 0 Å². The summed E-state index contributed by atoms with van der Waals surface area (Å²) in [7, 11) is -2.70. The fourth-order valence-corrected chi connectivity index (χ4v) is 2.26. The van der Waals surface area contributed by atoms with Gasteiger partial charge in [0.1, 0.15) is 6.10 Å². The van der Waals surface area contributed by atoms with Crippen molar-refractivity contribution < 1.29 is 17.3 Å². The van der Waals surface area contributed by atoms with Crippen LogP contribution in [0.1, 0.15) is 19.3 Å². The van der Waals surface area contributed by atoms with E-state index in [9.17, 15) is 8.42 Å². The summed E-state index contributed by atoms with van der Waals surface area (Å²) < 4.78 is 30.4. The lowest BCUT2D eigenvalue weighted by Gasteiger charge is -2.14. The fourth-order valence-electron chi connectivity index (χ4n) is 1.81. The number of thiol groups is 1. The van der Waals surface area contributed by atoms with Gasteiger partial charge in [-0.2, -0.15) is 0 Å². The van der Waals surface area contributed by atoms with Crippen LogP contribution in [0.4, 0.5) is 0 Å². The van der Waals surface area contributed by atoms with E-state index < -0.39 is 11.0 Å². The van der Waals surface area contributed by atoms with Gasteiger partial charge in [-0.1, -0.05) is 0 Å². The maximum absolute atomic E-state index is 10.2. The lowest BCUT2D eigenvalue weighted by Crippen LogP contribution is -2.24. The van der Waals surface area contributed by atoms with Crippen molar-refractivity contribution >= 4 is 11.0 Å². The topological polar surface area (TPSA) is 52.6 Å². The molecule has 3 atom stereocenters. The molecule has 2 fully saturated rings. The van der Waals surface area contributed by atoms with Crippen molar-refractivity contribution in [2.75, 3.05) is 0 Å². The van der Waals surface area contributed by atoms with Crippen molar-refractivity contribution in [1.82, 2.24) is 0 Å². The largest absolute Gasteiger partial charge is 0.372 e. The van der Waals surface area contributed by atoms with Gasteiger partial charge in [-0.05, 0) is 12.8 Å². The van der Waals surface area contributed by atoms with Crippen molar-refractivity contribution in [1.29, 1.82) is 0 Å². The standard InChI is InChI=1S/C6H10O4S/c7-11(8)10-6-3-4-1-2-5(6)9-4/h4-6,11H,1-3H2. The van der Waals surface area contributed by atoms with E-state index in [4.69, 9.17) is 4.74 Å². The Kier molecular flexibility index (Phi) is 1.86. The van der Waals surface area contributed by atoms with E-state index in [0.717, 1.165) is 19.3 Å². The van der Waals surface area contributed by atoms with Gasteiger partial charge >= 0.3 is 0 Å². The molecule has 0 aromatic rings. The van der Waals surface area contributed by atoms with Crippen molar-refractivity contribution in [3.05, 3.63) is 0 Å². The Balaban J connectivity index is 1.97. The molecule has 2 bridgehead atoms. The molecule has 0 saturated carbocycles. The van der Waals surface area contributed by atoms with Crippen molar-refractivity contribution in [2.24, 2.45) is 0 Å². The lowest BCUT2D eigenvalue weighted by atomic mass is 9.98. The highest BCUT2D eigenvalue weighted by Crippen LogP contribution is 2.35. The van der Waals surface area contributed by atoms with Crippen LogP contribution in [0, 0.1) is 0 Å². The van der Waals surface area contributed by atoms with Crippen LogP contribution in [0.5, 0.6) is 0 Å². The summed E-state index contributed by atoms with van der Waals surface area (Å²) in [5, 5.41) is 0. The van der Waals surface area contributed by atoms with Gasteiger partial charge in [0, 0.05) is 6.42 Å². The zero-order valence-electron chi connectivity index (χ0n) is 5.93. The second-order valence-electron chi connectivity index (χ2n) is 2.98. The summed E-state index contributed by atoms with van der Waals surface area (Å²) >= 11 is 0. The van der Waals surface area contributed by atoms with Gasteiger partial charge in [0.15, 0.2) is 0 Å². The second kappa shape index (κ2) is 2.73. The van der Waals surface area contributed by atoms with Crippen molar-refractivity contribution in [3.8, 4) is 0 Å². The molecule has 11 heavy (non-hydrogen) atoms. The van der Waals surface area contributed by atoms with Gasteiger partial charge in [0.25, 0.3) is 11.0 Å². The van der Waals surface area contributed by atoms with Crippen LogP contribution in [0.15, 0.2) is 0 Å². The predicted octanol–water partition coefficient (Wildman–Crippen LogP) is -0.151. The number of ether oxygens (including phenoxy) is 1. The zero-order chi connectivity index (χ0) is 7.84. The maximum atomic E-state index is 10.2. The number of rotatable bonds is 2. The molecule has 2 aliphatic heterocycles. The Morgan fingerprint density at radius 2 is 2.18 bits per heavy atom. The molecule has 2 rings (SSSR count). The molecule has 5 heteroatoms. The molecule has 64 valence electrons.